The highest BCUT2D eigenvalue weighted by atomic mass is 35.5. The molecule has 0 spiro atoms. The maximum Gasteiger partial charge on any atom is 0.119 e. The Kier molecular flexibility index (Phi) is 5.49. The minimum Gasteiger partial charge on any atom is -0.492 e. The van der Waals surface area contributed by atoms with Gasteiger partial charge in [0.25, 0.3) is 0 Å². The van der Waals surface area contributed by atoms with E-state index in [1.807, 2.05) is 24.3 Å². The van der Waals surface area contributed by atoms with Gasteiger partial charge in [-0.2, -0.15) is 0 Å². The number of piperidine rings is 1. The molecule has 1 atom stereocenters. The van der Waals surface area contributed by atoms with Crippen LogP contribution >= 0.6 is 11.6 Å². The van der Waals surface area contributed by atoms with Crippen molar-refractivity contribution in [2.45, 2.75) is 25.8 Å². The Labute approximate surface area is 120 Å². The lowest BCUT2D eigenvalue weighted by Crippen LogP contribution is -2.43. The van der Waals surface area contributed by atoms with Crippen molar-refractivity contribution in [2.24, 2.45) is 11.7 Å². The fraction of sp³-hybridized carbons (Fsp3) is 0.600. The maximum atomic E-state index is 6.24. The first-order valence-electron chi connectivity index (χ1n) is 7.05. The zero-order chi connectivity index (χ0) is 13.7. The highest BCUT2D eigenvalue weighted by molar-refractivity contribution is 6.30. The molecule has 0 aromatic heterocycles. The van der Waals surface area contributed by atoms with E-state index in [-0.39, 0.29) is 6.04 Å². The van der Waals surface area contributed by atoms with Gasteiger partial charge < -0.3 is 15.4 Å². The van der Waals surface area contributed by atoms with Gasteiger partial charge >= 0.3 is 0 Å². The summed E-state index contributed by atoms with van der Waals surface area (Å²) in [6.45, 7) is 6.26. The molecule has 0 aliphatic carbocycles. The minimum atomic E-state index is 0.120. The van der Waals surface area contributed by atoms with E-state index in [0.717, 1.165) is 30.4 Å². The van der Waals surface area contributed by atoms with Crippen molar-refractivity contribution in [1.82, 2.24) is 4.90 Å². The normalized spacial score (nSPS) is 19.3. The Bertz CT molecular complexity index is 374. The highest BCUT2D eigenvalue weighted by Gasteiger charge is 2.23. The molecule has 0 bridgehead atoms. The maximum absolute atomic E-state index is 6.24. The lowest BCUT2D eigenvalue weighted by Gasteiger charge is -2.33. The van der Waals surface area contributed by atoms with Gasteiger partial charge in [-0.25, -0.2) is 0 Å². The molecule has 1 aliphatic heterocycles. The monoisotopic (exact) mass is 282 g/mol. The molecule has 1 aliphatic rings. The van der Waals surface area contributed by atoms with E-state index < -0.39 is 0 Å². The molecule has 4 heteroatoms. The van der Waals surface area contributed by atoms with Gasteiger partial charge in [0.05, 0.1) is 0 Å². The molecule has 1 unspecified atom stereocenters. The van der Waals surface area contributed by atoms with Crippen molar-refractivity contribution in [3.63, 3.8) is 0 Å². The number of likely N-dealkylation sites (tertiary alicyclic amines) is 1. The zero-order valence-electron chi connectivity index (χ0n) is 11.5. The van der Waals surface area contributed by atoms with Gasteiger partial charge in [-0.1, -0.05) is 18.5 Å². The third kappa shape index (κ3) is 4.37. The van der Waals surface area contributed by atoms with Crippen LogP contribution in [0.3, 0.4) is 0 Å². The fourth-order valence-electron chi connectivity index (χ4n) is 2.56. The van der Waals surface area contributed by atoms with Crippen LogP contribution in [0.2, 0.25) is 5.02 Å². The quantitative estimate of drug-likeness (QED) is 0.902. The van der Waals surface area contributed by atoms with Crippen LogP contribution in [0.15, 0.2) is 24.3 Å². The molecule has 2 rings (SSSR count). The highest BCUT2D eigenvalue weighted by Crippen LogP contribution is 2.21. The number of benzene rings is 1. The predicted molar refractivity (Wildman–Crippen MR) is 79.8 cm³/mol. The van der Waals surface area contributed by atoms with E-state index in [1.54, 1.807) is 0 Å². The lowest BCUT2D eigenvalue weighted by molar-refractivity contribution is 0.152. The summed E-state index contributed by atoms with van der Waals surface area (Å²) in [5.41, 5.74) is 6.24. The van der Waals surface area contributed by atoms with Crippen LogP contribution in [0.5, 0.6) is 5.75 Å². The summed E-state index contributed by atoms with van der Waals surface area (Å²) >= 11 is 5.84. The molecule has 0 amide bonds. The predicted octanol–water partition coefficient (Wildman–Crippen LogP) is 2.78. The number of nitrogens with two attached hydrogens (primary N) is 1. The molecular formula is C15H23ClN2O. The third-order valence-corrected chi connectivity index (χ3v) is 4.19. The number of rotatable bonds is 5. The van der Waals surface area contributed by atoms with E-state index in [1.165, 1.54) is 12.8 Å². The summed E-state index contributed by atoms with van der Waals surface area (Å²) in [5.74, 6) is 1.42. The molecule has 1 aromatic rings. The molecule has 2 N–H and O–H groups in total. The van der Waals surface area contributed by atoms with Gasteiger partial charge in [0.15, 0.2) is 0 Å². The van der Waals surface area contributed by atoms with Crippen LogP contribution in [-0.2, 0) is 0 Å². The van der Waals surface area contributed by atoms with Crippen LogP contribution in [0, 0.1) is 5.92 Å². The van der Waals surface area contributed by atoms with Crippen LogP contribution < -0.4 is 10.5 Å². The van der Waals surface area contributed by atoms with Crippen LogP contribution in [-0.4, -0.2) is 37.2 Å². The summed E-state index contributed by atoms with van der Waals surface area (Å²) < 4.78 is 5.73. The molecule has 1 heterocycles. The summed E-state index contributed by atoms with van der Waals surface area (Å²) in [4.78, 5) is 2.48. The number of hydrogen-bond donors (Lipinski definition) is 1. The van der Waals surface area contributed by atoms with Crippen molar-refractivity contribution >= 4 is 11.6 Å². The van der Waals surface area contributed by atoms with Crippen molar-refractivity contribution in [3.8, 4) is 5.75 Å². The minimum absolute atomic E-state index is 0.120. The van der Waals surface area contributed by atoms with Gasteiger partial charge in [0.2, 0.25) is 0 Å². The van der Waals surface area contributed by atoms with E-state index in [9.17, 15) is 0 Å². The van der Waals surface area contributed by atoms with E-state index in [4.69, 9.17) is 22.1 Å². The second-order valence-electron chi connectivity index (χ2n) is 5.20. The van der Waals surface area contributed by atoms with Crippen molar-refractivity contribution in [3.05, 3.63) is 29.3 Å². The number of halogens is 1. The third-order valence-electron chi connectivity index (χ3n) is 3.94. The lowest BCUT2D eigenvalue weighted by atomic mass is 9.90. The zero-order valence-corrected chi connectivity index (χ0v) is 12.3. The SMILES string of the molecule is CCN1CCC(C(N)COc2ccc(Cl)cc2)CC1. The Morgan fingerprint density at radius 3 is 2.53 bits per heavy atom. The van der Waals surface area contributed by atoms with Gasteiger partial charge in [-0.15, -0.1) is 0 Å². The molecule has 0 saturated carbocycles. The average Bonchev–Trinajstić information content (AvgIpc) is 2.46. The van der Waals surface area contributed by atoms with E-state index in [0.29, 0.717) is 12.5 Å². The topological polar surface area (TPSA) is 38.5 Å². The summed E-state index contributed by atoms with van der Waals surface area (Å²) in [7, 11) is 0. The first kappa shape index (κ1) is 14.6. The fourth-order valence-corrected chi connectivity index (χ4v) is 2.68. The van der Waals surface area contributed by atoms with Gasteiger partial charge in [-0.3, -0.25) is 0 Å². The van der Waals surface area contributed by atoms with Crippen molar-refractivity contribution < 1.29 is 4.74 Å². The Morgan fingerprint density at radius 1 is 1.32 bits per heavy atom. The molecule has 1 aromatic carbocycles. The Balaban J connectivity index is 1.75. The number of hydrogen-bond acceptors (Lipinski definition) is 3. The van der Waals surface area contributed by atoms with Crippen molar-refractivity contribution in [1.29, 1.82) is 0 Å². The smallest absolute Gasteiger partial charge is 0.119 e. The summed E-state index contributed by atoms with van der Waals surface area (Å²) in [6.07, 6.45) is 2.36. The first-order valence-corrected chi connectivity index (χ1v) is 7.43. The van der Waals surface area contributed by atoms with E-state index in [2.05, 4.69) is 11.8 Å². The summed E-state index contributed by atoms with van der Waals surface area (Å²) in [6, 6.07) is 7.56. The van der Waals surface area contributed by atoms with Crippen molar-refractivity contribution in [2.75, 3.05) is 26.2 Å². The molecule has 1 saturated heterocycles. The molecule has 19 heavy (non-hydrogen) atoms. The second kappa shape index (κ2) is 7.13. The average molecular weight is 283 g/mol. The molecule has 0 radical (unpaired) electrons. The standard InChI is InChI=1S/C15H23ClN2O/c1-2-18-9-7-12(8-10-18)15(17)11-19-14-5-3-13(16)4-6-14/h3-6,12,15H,2,7-11,17H2,1H3. The van der Waals surface area contributed by atoms with Crippen LogP contribution in [0.25, 0.3) is 0 Å². The number of nitrogens with zero attached hydrogens (tertiary/aromatic N) is 1. The Morgan fingerprint density at radius 2 is 1.95 bits per heavy atom. The van der Waals surface area contributed by atoms with Gasteiger partial charge in [-0.05, 0) is 62.7 Å². The van der Waals surface area contributed by atoms with Gasteiger partial charge in [0.1, 0.15) is 12.4 Å². The van der Waals surface area contributed by atoms with Crippen LogP contribution in [0.4, 0.5) is 0 Å². The summed E-state index contributed by atoms with van der Waals surface area (Å²) in [5, 5.41) is 0.726. The van der Waals surface area contributed by atoms with E-state index >= 15 is 0 Å². The van der Waals surface area contributed by atoms with Gasteiger partial charge in [0, 0.05) is 11.1 Å². The molecule has 1 fully saturated rings. The first-order chi connectivity index (χ1) is 9.19. The largest absolute Gasteiger partial charge is 0.492 e. The second-order valence-corrected chi connectivity index (χ2v) is 5.64. The molecular weight excluding hydrogens is 260 g/mol. The number of ether oxygens (including phenoxy) is 1. The Hall–Kier alpha value is -0.770. The van der Waals surface area contributed by atoms with Crippen LogP contribution in [0.1, 0.15) is 19.8 Å². The molecule has 3 nitrogen and oxygen atoms in total. The molecule has 106 valence electrons.